The zero-order chi connectivity index (χ0) is 13.8. The lowest BCUT2D eigenvalue weighted by molar-refractivity contribution is 0.182. The first kappa shape index (κ1) is 15.9. The Morgan fingerprint density at radius 1 is 1.33 bits per heavy atom. The van der Waals surface area contributed by atoms with Crippen molar-refractivity contribution >= 4 is 19.9 Å². The maximum Gasteiger partial charge on any atom is 0.214 e. The highest BCUT2D eigenvalue weighted by Crippen LogP contribution is 2.18. The van der Waals surface area contributed by atoms with E-state index in [2.05, 4.69) is 4.72 Å². The third kappa shape index (κ3) is 5.21. The lowest BCUT2D eigenvalue weighted by atomic mass is 10.2. The average molecular weight is 299 g/mol. The van der Waals surface area contributed by atoms with Crippen LogP contribution in [0.1, 0.15) is 32.6 Å². The first-order valence-corrected chi connectivity index (χ1v) is 9.47. The molecule has 1 unspecified atom stereocenters. The highest BCUT2D eigenvalue weighted by atomic mass is 32.2. The molecule has 0 saturated carbocycles. The van der Waals surface area contributed by atoms with Gasteiger partial charge in [-0.15, -0.1) is 0 Å². The monoisotopic (exact) mass is 299 g/mol. The van der Waals surface area contributed by atoms with Crippen LogP contribution in [0.25, 0.3) is 0 Å². The van der Waals surface area contributed by atoms with Crippen LogP contribution >= 0.6 is 0 Å². The predicted octanol–water partition coefficient (Wildman–Crippen LogP) is -0.356. The Hall–Kier alpha value is -0.180. The number of aliphatic hydroxyl groups is 1. The van der Waals surface area contributed by atoms with E-state index in [9.17, 15) is 16.8 Å². The van der Waals surface area contributed by atoms with Crippen LogP contribution in [0, 0.1) is 0 Å². The molecule has 108 valence electrons. The SMILES string of the molecule is CC(O)CCCNS(=O)(=O)C1CCS(=O)(=O)CC1. The Kier molecular flexibility index (Phi) is 5.57. The lowest BCUT2D eigenvalue weighted by Gasteiger charge is -2.22. The van der Waals surface area contributed by atoms with Gasteiger partial charge in [-0.2, -0.15) is 0 Å². The number of sulfonamides is 1. The lowest BCUT2D eigenvalue weighted by Crippen LogP contribution is -2.40. The van der Waals surface area contributed by atoms with Crippen molar-refractivity contribution in [3.05, 3.63) is 0 Å². The molecule has 0 aliphatic carbocycles. The molecule has 0 bridgehead atoms. The summed E-state index contributed by atoms with van der Waals surface area (Å²) >= 11 is 0. The molecule has 18 heavy (non-hydrogen) atoms. The predicted molar refractivity (Wildman–Crippen MR) is 69.5 cm³/mol. The van der Waals surface area contributed by atoms with Gasteiger partial charge in [0.2, 0.25) is 10.0 Å². The molecule has 0 amide bonds. The van der Waals surface area contributed by atoms with Crippen LogP contribution in [0.2, 0.25) is 0 Å². The minimum atomic E-state index is -3.43. The fourth-order valence-electron chi connectivity index (χ4n) is 1.91. The molecule has 0 aromatic carbocycles. The van der Waals surface area contributed by atoms with Gasteiger partial charge < -0.3 is 5.11 Å². The van der Waals surface area contributed by atoms with E-state index in [1.54, 1.807) is 6.92 Å². The first-order valence-electron chi connectivity index (χ1n) is 6.10. The van der Waals surface area contributed by atoms with Crippen LogP contribution in [-0.4, -0.2) is 51.3 Å². The Labute approximate surface area is 109 Å². The third-order valence-electron chi connectivity index (χ3n) is 3.04. The molecule has 1 aliphatic heterocycles. The minimum absolute atomic E-state index is 0.0494. The second-order valence-corrected chi connectivity index (χ2v) is 9.13. The summed E-state index contributed by atoms with van der Waals surface area (Å²) in [5.41, 5.74) is 0. The van der Waals surface area contributed by atoms with Crippen LogP contribution in [0.4, 0.5) is 0 Å². The molecular formula is C10H21NO5S2. The molecule has 1 atom stereocenters. The molecule has 0 radical (unpaired) electrons. The van der Waals surface area contributed by atoms with Gasteiger partial charge in [0.25, 0.3) is 0 Å². The van der Waals surface area contributed by atoms with Gasteiger partial charge in [-0.05, 0) is 32.6 Å². The van der Waals surface area contributed by atoms with Crippen molar-refractivity contribution in [2.45, 2.75) is 44.0 Å². The van der Waals surface area contributed by atoms with E-state index in [1.807, 2.05) is 0 Å². The number of hydrogen-bond donors (Lipinski definition) is 2. The van der Waals surface area contributed by atoms with Crippen molar-refractivity contribution in [3.8, 4) is 0 Å². The van der Waals surface area contributed by atoms with Crippen molar-refractivity contribution in [2.24, 2.45) is 0 Å². The fraction of sp³-hybridized carbons (Fsp3) is 1.00. The largest absolute Gasteiger partial charge is 0.393 e. The molecule has 1 fully saturated rings. The first-order chi connectivity index (χ1) is 8.23. The van der Waals surface area contributed by atoms with Crippen molar-refractivity contribution < 1.29 is 21.9 Å². The van der Waals surface area contributed by atoms with E-state index in [4.69, 9.17) is 5.11 Å². The molecule has 8 heteroatoms. The molecule has 0 spiro atoms. The smallest absolute Gasteiger partial charge is 0.214 e. The number of nitrogens with one attached hydrogen (secondary N) is 1. The molecule has 1 rings (SSSR count). The second kappa shape index (κ2) is 6.31. The Morgan fingerprint density at radius 2 is 1.89 bits per heavy atom. The van der Waals surface area contributed by atoms with E-state index in [0.29, 0.717) is 12.8 Å². The van der Waals surface area contributed by atoms with Crippen LogP contribution in [0.3, 0.4) is 0 Å². The van der Waals surface area contributed by atoms with Crippen molar-refractivity contribution in [1.29, 1.82) is 0 Å². The second-order valence-electron chi connectivity index (χ2n) is 4.78. The summed E-state index contributed by atoms with van der Waals surface area (Å²) in [7, 11) is -6.47. The van der Waals surface area contributed by atoms with Gasteiger partial charge in [0.05, 0.1) is 22.9 Å². The Morgan fingerprint density at radius 3 is 2.39 bits per heavy atom. The number of hydrogen-bond acceptors (Lipinski definition) is 5. The minimum Gasteiger partial charge on any atom is -0.393 e. The maximum absolute atomic E-state index is 11.9. The van der Waals surface area contributed by atoms with Crippen molar-refractivity contribution in [3.63, 3.8) is 0 Å². The van der Waals surface area contributed by atoms with Crippen LogP contribution in [0.5, 0.6) is 0 Å². The summed E-state index contributed by atoms with van der Waals surface area (Å²) in [6.45, 7) is 1.94. The summed E-state index contributed by atoms with van der Waals surface area (Å²) in [5, 5.41) is 8.44. The van der Waals surface area contributed by atoms with Crippen molar-refractivity contribution in [1.82, 2.24) is 4.72 Å². The molecular weight excluding hydrogens is 278 g/mol. The summed E-state index contributed by atoms with van der Waals surface area (Å²) in [6, 6.07) is 0. The third-order valence-corrected chi connectivity index (χ3v) is 6.71. The molecule has 1 saturated heterocycles. The van der Waals surface area contributed by atoms with Gasteiger partial charge in [-0.3, -0.25) is 0 Å². The van der Waals surface area contributed by atoms with Gasteiger partial charge >= 0.3 is 0 Å². The van der Waals surface area contributed by atoms with Crippen LogP contribution in [0.15, 0.2) is 0 Å². The molecule has 0 aromatic heterocycles. The Balaban J connectivity index is 2.40. The molecule has 2 N–H and O–H groups in total. The van der Waals surface area contributed by atoms with E-state index in [0.717, 1.165) is 0 Å². The van der Waals surface area contributed by atoms with Gasteiger partial charge in [-0.25, -0.2) is 21.6 Å². The Bertz CT molecular complexity index is 441. The maximum atomic E-state index is 11.9. The topological polar surface area (TPSA) is 101 Å². The van der Waals surface area contributed by atoms with Crippen LogP contribution in [-0.2, 0) is 19.9 Å². The van der Waals surface area contributed by atoms with E-state index in [1.165, 1.54) is 0 Å². The highest BCUT2D eigenvalue weighted by molar-refractivity contribution is 7.92. The molecule has 1 heterocycles. The number of sulfone groups is 1. The van der Waals surface area contributed by atoms with E-state index < -0.39 is 31.2 Å². The average Bonchev–Trinajstić information content (AvgIpc) is 2.23. The molecule has 6 nitrogen and oxygen atoms in total. The summed E-state index contributed by atoms with van der Waals surface area (Å²) in [4.78, 5) is 0. The molecule has 0 aromatic rings. The summed E-state index contributed by atoms with van der Waals surface area (Å²) < 4.78 is 48.7. The normalized spacial score (nSPS) is 22.8. The summed E-state index contributed by atoms with van der Waals surface area (Å²) in [5.74, 6) is -0.0987. The highest BCUT2D eigenvalue weighted by Gasteiger charge is 2.32. The van der Waals surface area contributed by atoms with E-state index >= 15 is 0 Å². The van der Waals surface area contributed by atoms with Gasteiger partial charge in [0.15, 0.2) is 0 Å². The van der Waals surface area contributed by atoms with E-state index in [-0.39, 0.29) is 30.9 Å². The quantitative estimate of drug-likeness (QED) is 0.653. The van der Waals surface area contributed by atoms with Crippen molar-refractivity contribution in [2.75, 3.05) is 18.1 Å². The molecule has 1 aliphatic rings. The van der Waals surface area contributed by atoms with Gasteiger partial charge in [0, 0.05) is 6.54 Å². The standard InChI is InChI=1S/C10H21NO5S2/c1-9(12)3-2-6-11-18(15,16)10-4-7-17(13,14)8-5-10/h9-12H,2-8H2,1H3. The number of rotatable bonds is 6. The van der Waals surface area contributed by atoms with Crippen LogP contribution < -0.4 is 4.72 Å². The number of aliphatic hydroxyl groups excluding tert-OH is 1. The fourth-order valence-corrected chi connectivity index (χ4v) is 5.22. The zero-order valence-electron chi connectivity index (χ0n) is 10.5. The summed E-state index contributed by atoms with van der Waals surface area (Å²) in [6.07, 6.45) is 1.03. The van der Waals surface area contributed by atoms with Gasteiger partial charge in [-0.1, -0.05) is 0 Å². The van der Waals surface area contributed by atoms with Gasteiger partial charge in [0.1, 0.15) is 9.84 Å². The zero-order valence-corrected chi connectivity index (χ0v) is 12.1.